The third-order valence-corrected chi connectivity index (χ3v) is 5.68. The SMILES string of the molecule is CCCC[C@@](C)(OCC)C(=O)Nc1ccc(OCCN2C[C@H](C)C[C@@H](C)C2)cc1. The van der Waals surface area contributed by atoms with Crippen LogP contribution < -0.4 is 10.1 Å². The molecule has 5 nitrogen and oxygen atoms in total. The molecule has 5 heteroatoms. The fraction of sp³-hybridized carbons (Fsp3) is 0.708. The van der Waals surface area contributed by atoms with Gasteiger partial charge in [0.25, 0.3) is 5.91 Å². The van der Waals surface area contributed by atoms with Crippen molar-refractivity contribution in [3.05, 3.63) is 24.3 Å². The minimum Gasteiger partial charge on any atom is -0.492 e. The van der Waals surface area contributed by atoms with Crippen LogP contribution in [0, 0.1) is 11.8 Å². The largest absolute Gasteiger partial charge is 0.492 e. The Morgan fingerprint density at radius 1 is 1.17 bits per heavy atom. The number of hydrogen-bond acceptors (Lipinski definition) is 4. The Bertz CT molecular complexity index is 609. The Hall–Kier alpha value is -1.59. The molecule has 1 aromatic carbocycles. The summed E-state index contributed by atoms with van der Waals surface area (Å²) >= 11 is 0. The fourth-order valence-electron chi connectivity index (χ4n) is 4.25. The van der Waals surface area contributed by atoms with Gasteiger partial charge in [-0.05, 0) is 62.8 Å². The lowest BCUT2D eigenvalue weighted by Gasteiger charge is -2.34. The molecule has 0 aromatic heterocycles. The zero-order chi connectivity index (χ0) is 21.3. The Morgan fingerprint density at radius 2 is 1.83 bits per heavy atom. The van der Waals surface area contributed by atoms with Crippen LogP contribution in [0.3, 0.4) is 0 Å². The lowest BCUT2D eigenvalue weighted by atomic mass is 9.92. The second-order valence-electron chi connectivity index (χ2n) is 8.80. The summed E-state index contributed by atoms with van der Waals surface area (Å²) in [5.74, 6) is 2.28. The molecular formula is C24H40N2O3. The molecule has 1 N–H and O–H groups in total. The first-order chi connectivity index (χ1) is 13.9. The van der Waals surface area contributed by atoms with Crippen LogP contribution in [0.2, 0.25) is 0 Å². The van der Waals surface area contributed by atoms with Gasteiger partial charge in [0, 0.05) is 31.9 Å². The van der Waals surface area contributed by atoms with Crippen LogP contribution in [0.15, 0.2) is 24.3 Å². The van der Waals surface area contributed by atoms with Crippen molar-refractivity contribution in [2.45, 2.75) is 65.9 Å². The van der Waals surface area contributed by atoms with E-state index in [0.717, 1.165) is 62.2 Å². The highest BCUT2D eigenvalue weighted by molar-refractivity contribution is 5.97. The van der Waals surface area contributed by atoms with Crippen LogP contribution in [0.25, 0.3) is 0 Å². The van der Waals surface area contributed by atoms with E-state index in [0.29, 0.717) is 13.2 Å². The fourth-order valence-corrected chi connectivity index (χ4v) is 4.25. The Balaban J connectivity index is 1.82. The maximum atomic E-state index is 12.7. The van der Waals surface area contributed by atoms with Crippen LogP contribution in [0.1, 0.15) is 60.3 Å². The zero-order valence-corrected chi connectivity index (χ0v) is 19.0. The molecule has 0 spiro atoms. The number of carbonyl (C=O) groups is 1. The van der Waals surface area contributed by atoms with Gasteiger partial charge in [0.05, 0.1) is 0 Å². The lowest BCUT2D eigenvalue weighted by molar-refractivity contribution is -0.139. The first-order valence-electron chi connectivity index (χ1n) is 11.3. The molecule has 1 aliphatic heterocycles. The molecule has 0 bridgehead atoms. The quantitative estimate of drug-likeness (QED) is 0.566. The summed E-state index contributed by atoms with van der Waals surface area (Å²) in [4.78, 5) is 15.2. The predicted octanol–water partition coefficient (Wildman–Crippen LogP) is 4.97. The van der Waals surface area contributed by atoms with E-state index in [1.165, 1.54) is 6.42 Å². The van der Waals surface area contributed by atoms with E-state index in [2.05, 4.69) is 31.0 Å². The van der Waals surface area contributed by atoms with Gasteiger partial charge in [0.15, 0.2) is 0 Å². The van der Waals surface area contributed by atoms with E-state index in [1.807, 2.05) is 38.1 Å². The number of rotatable bonds is 11. The molecule has 29 heavy (non-hydrogen) atoms. The summed E-state index contributed by atoms with van der Waals surface area (Å²) < 4.78 is 11.7. The second-order valence-corrected chi connectivity index (χ2v) is 8.80. The molecule has 2 rings (SSSR count). The summed E-state index contributed by atoms with van der Waals surface area (Å²) in [6.45, 7) is 15.1. The predicted molar refractivity (Wildman–Crippen MR) is 120 cm³/mol. The molecule has 1 heterocycles. The molecule has 1 aromatic rings. The molecule has 0 unspecified atom stereocenters. The summed E-state index contributed by atoms with van der Waals surface area (Å²) in [6.07, 6.45) is 4.05. The molecule has 164 valence electrons. The molecule has 0 radical (unpaired) electrons. The standard InChI is InChI=1S/C24H40N2O3/c1-6-8-13-24(5,29-7-2)23(27)25-21-9-11-22(12-10-21)28-15-14-26-17-19(3)16-20(4)18-26/h9-12,19-20H,6-8,13-18H2,1-5H3,(H,25,27)/t19-,20-,24-/m1/s1. The van der Waals surface area contributed by atoms with Gasteiger partial charge in [-0.1, -0.05) is 33.6 Å². The van der Waals surface area contributed by atoms with E-state index in [9.17, 15) is 4.79 Å². The number of likely N-dealkylation sites (tertiary alicyclic amines) is 1. The van der Waals surface area contributed by atoms with Gasteiger partial charge in [-0.15, -0.1) is 0 Å². The molecule has 1 fully saturated rings. The van der Waals surface area contributed by atoms with Crippen LogP contribution in [0.4, 0.5) is 5.69 Å². The average Bonchev–Trinajstić information content (AvgIpc) is 2.67. The normalized spacial score (nSPS) is 22.1. The number of nitrogens with one attached hydrogen (secondary N) is 1. The number of ether oxygens (including phenoxy) is 2. The van der Waals surface area contributed by atoms with Gasteiger partial charge in [0.2, 0.25) is 0 Å². The Morgan fingerprint density at radius 3 is 2.41 bits per heavy atom. The highest BCUT2D eigenvalue weighted by Gasteiger charge is 2.33. The highest BCUT2D eigenvalue weighted by atomic mass is 16.5. The molecule has 0 saturated carbocycles. The van der Waals surface area contributed by atoms with Gasteiger partial charge >= 0.3 is 0 Å². The topological polar surface area (TPSA) is 50.8 Å². The zero-order valence-electron chi connectivity index (χ0n) is 19.0. The van der Waals surface area contributed by atoms with Gasteiger partial charge in [-0.3, -0.25) is 9.69 Å². The molecule has 3 atom stereocenters. The number of amides is 1. The average molecular weight is 405 g/mol. The number of nitrogens with zero attached hydrogens (tertiary/aromatic N) is 1. The number of piperidine rings is 1. The van der Waals surface area contributed by atoms with Crippen molar-refractivity contribution in [3.63, 3.8) is 0 Å². The number of unbranched alkanes of at least 4 members (excludes halogenated alkanes) is 1. The minimum atomic E-state index is -0.789. The summed E-state index contributed by atoms with van der Waals surface area (Å²) in [5, 5.41) is 2.99. The number of benzene rings is 1. The summed E-state index contributed by atoms with van der Waals surface area (Å²) in [6, 6.07) is 7.62. The molecule has 1 amide bonds. The van der Waals surface area contributed by atoms with E-state index >= 15 is 0 Å². The van der Waals surface area contributed by atoms with Gasteiger partial charge < -0.3 is 14.8 Å². The number of hydrogen-bond donors (Lipinski definition) is 1. The molecular weight excluding hydrogens is 364 g/mol. The smallest absolute Gasteiger partial charge is 0.256 e. The maximum Gasteiger partial charge on any atom is 0.256 e. The van der Waals surface area contributed by atoms with Crippen LogP contribution in [0.5, 0.6) is 5.75 Å². The van der Waals surface area contributed by atoms with Crippen molar-refractivity contribution < 1.29 is 14.3 Å². The monoisotopic (exact) mass is 404 g/mol. The minimum absolute atomic E-state index is 0.0881. The van der Waals surface area contributed by atoms with Crippen molar-refractivity contribution in [1.29, 1.82) is 0 Å². The van der Waals surface area contributed by atoms with Gasteiger partial charge in [0.1, 0.15) is 18.0 Å². The van der Waals surface area contributed by atoms with Crippen molar-refractivity contribution in [2.75, 3.05) is 38.2 Å². The number of anilines is 1. The maximum absolute atomic E-state index is 12.7. The third kappa shape index (κ3) is 7.63. The van der Waals surface area contributed by atoms with Crippen molar-refractivity contribution in [2.24, 2.45) is 11.8 Å². The second kappa shape index (κ2) is 11.6. The molecule has 0 aliphatic carbocycles. The van der Waals surface area contributed by atoms with Gasteiger partial charge in [-0.2, -0.15) is 0 Å². The van der Waals surface area contributed by atoms with Gasteiger partial charge in [-0.25, -0.2) is 0 Å². The van der Waals surface area contributed by atoms with E-state index in [1.54, 1.807) is 0 Å². The van der Waals surface area contributed by atoms with Crippen molar-refractivity contribution in [3.8, 4) is 5.75 Å². The van der Waals surface area contributed by atoms with Crippen LogP contribution in [-0.4, -0.2) is 49.3 Å². The Kier molecular flexibility index (Phi) is 9.44. The highest BCUT2D eigenvalue weighted by Crippen LogP contribution is 2.23. The lowest BCUT2D eigenvalue weighted by Crippen LogP contribution is -2.42. The molecule has 1 aliphatic rings. The van der Waals surface area contributed by atoms with E-state index < -0.39 is 5.60 Å². The van der Waals surface area contributed by atoms with Crippen molar-refractivity contribution >= 4 is 11.6 Å². The summed E-state index contributed by atoms with van der Waals surface area (Å²) in [7, 11) is 0. The number of carbonyl (C=O) groups excluding carboxylic acids is 1. The van der Waals surface area contributed by atoms with E-state index in [-0.39, 0.29) is 5.91 Å². The van der Waals surface area contributed by atoms with Crippen LogP contribution >= 0.6 is 0 Å². The van der Waals surface area contributed by atoms with E-state index in [4.69, 9.17) is 9.47 Å². The first-order valence-corrected chi connectivity index (χ1v) is 11.3. The van der Waals surface area contributed by atoms with Crippen LogP contribution in [-0.2, 0) is 9.53 Å². The third-order valence-electron chi connectivity index (χ3n) is 5.68. The molecule has 1 saturated heterocycles. The Labute approximate surface area is 177 Å². The van der Waals surface area contributed by atoms with Crippen molar-refractivity contribution in [1.82, 2.24) is 4.90 Å². The first kappa shape index (κ1) is 23.7. The summed E-state index contributed by atoms with van der Waals surface area (Å²) in [5.41, 5.74) is -0.0220.